The Balaban J connectivity index is 1.37. The second-order valence-electron chi connectivity index (χ2n) is 5.33. The van der Waals surface area contributed by atoms with Gasteiger partial charge in [0.15, 0.2) is 16.0 Å². The van der Waals surface area contributed by atoms with Crippen molar-refractivity contribution in [2.45, 2.75) is 5.16 Å². The Labute approximate surface area is 166 Å². The zero-order chi connectivity index (χ0) is 18.6. The molecule has 27 heavy (non-hydrogen) atoms. The van der Waals surface area contributed by atoms with E-state index in [-0.39, 0.29) is 11.7 Å². The molecule has 1 N–H and O–H groups in total. The molecule has 1 amide bonds. The molecule has 0 aliphatic rings. The molecule has 0 fully saturated rings. The van der Waals surface area contributed by atoms with Gasteiger partial charge in [-0.15, -0.1) is 31.7 Å². The summed E-state index contributed by atoms with van der Waals surface area (Å²) >= 11 is 4.25. The Morgan fingerprint density at radius 2 is 2.04 bits per heavy atom. The average Bonchev–Trinajstić information content (AvgIpc) is 3.42. The number of hydrogen-bond donors (Lipinski definition) is 1. The highest BCUT2D eigenvalue weighted by Gasteiger charge is 2.14. The third kappa shape index (κ3) is 4.04. The Morgan fingerprint density at radius 1 is 1.19 bits per heavy atom. The molecule has 0 aliphatic carbocycles. The summed E-state index contributed by atoms with van der Waals surface area (Å²) in [6.07, 6.45) is 3.41. The number of hydrogen-bond acceptors (Lipinski definition) is 9. The second-order valence-corrected chi connectivity index (χ2v) is 8.20. The summed E-state index contributed by atoms with van der Waals surface area (Å²) in [5.74, 6) is 0.767. The van der Waals surface area contributed by atoms with Gasteiger partial charge in [0.25, 0.3) is 0 Å². The minimum absolute atomic E-state index is 0.164. The van der Waals surface area contributed by atoms with Crippen LogP contribution < -0.4 is 5.32 Å². The highest BCUT2D eigenvalue weighted by molar-refractivity contribution is 7.99. The Morgan fingerprint density at radius 3 is 2.81 bits per heavy atom. The van der Waals surface area contributed by atoms with Crippen LogP contribution in [0.1, 0.15) is 0 Å². The van der Waals surface area contributed by atoms with Crippen LogP contribution in [0.25, 0.3) is 21.3 Å². The first-order valence-electron chi connectivity index (χ1n) is 7.80. The highest BCUT2D eigenvalue weighted by atomic mass is 32.2. The van der Waals surface area contributed by atoms with Crippen molar-refractivity contribution < 1.29 is 4.79 Å². The fourth-order valence-corrected chi connectivity index (χ4v) is 4.51. The van der Waals surface area contributed by atoms with Crippen molar-refractivity contribution in [3.05, 3.63) is 42.0 Å². The molecule has 4 heterocycles. The van der Waals surface area contributed by atoms with Crippen LogP contribution in [0, 0.1) is 0 Å². The molecule has 0 saturated carbocycles. The van der Waals surface area contributed by atoms with Crippen LogP contribution in [0.15, 0.2) is 47.2 Å². The van der Waals surface area contributed by atoms with Gasteiger partial charge >= 0.3 is 0 Å². The van der Waals surface area contributed by atoms with Crippen molar-refractivity contribution in [2.75, 3.05) is 11.1 Å². The van der Waals surface area contributed by atoms with Crippen LogP contribution in [0.2, 0.25) is 0 Å². The minimum Gasteiger partial charge on any atom is -0.305 e. The lowest BCUT2D eigenvalue weighted by molar-refractivity contribution is -0.113. The number of anilines is 1. The first-order valence-corrected chi connectivity index (χ1v) is 10.5. The van der Waals surface area contributed by atoms with Gasteiger partial charge < -0.3 is 4.57 Å². The lowest BCUT2D eigenvalue weighted by Gasteiger charge is -2.03. The van der Waals surface area contributed by atoms with Gasteiger partial charge in [-0.25, -0.2) is 0 Å². The van der Waals surface area contributed by atoms with E-state index in [0.717, 1.165) is 21.3 Å². The molecule has 0 saturated heterocycles. The molecule has 4 aromatic rings. The molecule has 0 aliphatic heterocycles. The third-order valence-corrected chi connectivity index (χ3v) is 6.41. The maximum atomic E-state index is 12.2. The van der Waals surface area contributed by atoms with E-state index in [1.165, 1.54) is 23.1 Å². The number of nitrogens with one attached hydrogen (secondary N) is 1. The zero-order valence-electron chi connectivity index (χ0n) is 14.1. The quantitative estimate of drug-likeness (QED) is 0.483. The lowest BCUT2D eigenvalue weighted by atomic mass is 10.2. The van der Waals surface area contributed by atoms with Gasteiger partial charge in [-0.05, 0) is 23.6 Å². The number of pyridine rings is 1. The Kier molecular flexibility index (Phi) is 5.23. The maximum Gasteiger partial charge on any atom is 0.236 e. The smallest absolute Gasteiger partial charge is 0.236 e. The molecule has 136 valence electrons. The molecule has 0 radical (unpaired) electrons. The van der Waals surface area contributed by atoms with Crippen LogP contribution in [-0.2, 0) is 11.8 Å². The fourth-order valence-electron chi connectivity index (χ4n) is 2.25. The predicted molar refractivity (Wildman–Crippen MR) is 107 cm³/mol. The summed E-state index contributed by atoms with van der Waals surface area (Å²) in [6.45, 7) is 0. The molecule has 11 heteroatoms. The standard InChI is InChI=1S/C16H13N7OS3/c1-23-13(10-4-6-17-7-5-10)19-22-16(23)26-9-12(24)18-15-21-20-14(27-15)11-3-2-8-25-11/h2-8H,9H2,1H3,(H,18,21,24). The van der Waals surface area contributed by atoms with Gasteiger partial charge in [0.2, 0.25) is 11.0 Å². The third-order valence-electron chi connectivity index (χ3n) is 3.51. The van der Waals surface area contributed by atoms with Crippen molar-refractivity contribution in [2.24, 2.45) is 7.05 Å². The molecule has 0 spiro atoms. The van der Waals surface area contributed by atoms with E-state index in [9.17, 15) is 4.79 Å². The van der Waals surface area contributed by atoms with E-state index >= 15 is 0 Å². The fraction of sp³-hybridized carbons (Fsp3) is 0.125. The number of amides is 1. The van der Waals surface area contributed by atoms with Crippen LogP contribution in [-0.4, -0.2) is 41.6 Å². The number of carbonyl (C=O) groups excluding carboxylic acids is 1. The molecule has 0 atom stereocenters. The number of nitrogens with zero attached hydrogens (tertiary/aromatic N) is 6. The molecular weight excluding hydrogens is 402 g/mol. The van der Waals surface area contributed by atoms with Crippen molar-refractivity contribution in [3.8, 4) is 21.3 Å². The number of rotatable bonds is 6. The maximum absolute atomic E-state index is 12.2. The predicted octanol–water partition coefficient (Wildman–Crippen LogP) is 3.19. The normalized spacial score (nSPS) is 10.9. The van der Waals surface area contributed by atoms with Crippen molar-refractivity contribution >= 4 is 45.5 Å². The zero-order valence-corrected chi connectivity index (χ0v) is 16.5. The summed E-state index contributed by atoms with van der Waals surface area (Å²) < 4.78 is 1.85. The highest BCUT2D eigenvalue weighted by Crippen LogP contribution is 2.30. The van der Waals surface area contributed by atoms with Crippen molar-refractivity contribution in [3.63, 3.8) is 0 Å². The summed E-state index contributed by atoms with van der Waals surface area (Å²) in [6, 6.07) is 7.66. The summed E-state index contributed by atoms with van der Waals surface area (Å²) in [5.41, 5.74) is 0.922. The number of thioether (sulfide) groups is 1. The van der Waals surface area contributed by atoms with Crippen molar-refractivity contribution in [1.82, 2.24) is 29.9 Å². The molecule has 4 rings (SSSR count). The lowest BCUT2D eigenvalue weighted by Crippen LogP contribution is -2.14. The molecule has 0 bridgehead atoms. The van der Waals surface area contributed by atoms with Crippen LogP contribution in [0.4, 0.5) is 5.13 Å². The van der Waals surface area contributed by atoms with E-state index < -0.39 is 0 Å². The van der Waals surface area contributed by atoms with Gasteiger partial charge in [-0.3, -0.25) is 15.1 Å². The largest absolute Gasteiger partial charge is 0.305 e. The summed E-state index contributed by atoms with van der Waals surface area (Å²) in [7, 11) is 1.87. The van der Waals surface area contributed by atoms with E-state index in [2.05, 4.69) is 30.7 Å². The topological polar surface area (TPSA) is 98.5 Å². The first kappa shape index (κ1) is 17.8. The van der Waals surface area contributed by atoms with E-state index in [0.29, 0.717) is 10.3 Å². The summed E-state index contributed by atoms with van der Waals surface area (Å²) in [4.78, 5) is 17.2. The van der Waals surface area contributed by atoms with E-state index in [1.807, 2.05) is 41.3 Å². The molecule has 4 aromatic heterocycles. The number of thiophene rings is 1. The number of aromatic nitrogens is 6. The second kappa shape index (κ2) is 7.94. The number of carbonyl (C=O) groups is 1. The molecule has 0 aromatic carbocycles. The SMILES string of the molecule is Cn1c(SCC(=O)Nc2nnc(-c3cccs3)s2)nnc1-c1ccncc1. The van der Waals surface area contributed by atoms with Gasteiger partial charge in [-0.2, -0.15) is 0 Å². The Hall–Kier alpha value is -2.63. The van der Waals surface area contributed by atoms with Gasteiger partial charge in [0, 0.05) is 25.0 Å². The van der Waals surface area contributed by atoms with Crippen LogP contribution >= 0.6 is 34.4 Å². The van der Waals surface area contributed by atoms with E-state index in [1.54, 1.807) is 23.7 Å². The van der Waals surface area contributed by atoms with Crippen LogP contribution in [0.3, 0.4) is 0 Å². The minimum atomic E-state index is -0.164. The van der Waals surface area contributed by atoms with Crippen LogP contribution in [0.5, 0.6) is 0 Å². The molecule has 8 nitrogen and oxygen atoms in total. The van der Waals surface area contributed by atoms with E-state index in [4.69, 9.17) is 0 Å². The van der Waals surface area contributed by atoms with Crippen molar-refractivity contribution in [1.29, 1.82) is 0 Å². The molecule has 0 unspecified atom stereocenters. The Bertz CT molecular complexity index is 1040. The van der Waals surface area contributed by atoms with Gasteiger partial charge in [0.05, 0.1) is 10.6 Å². The van der Waals surface area contributed by atoms with Gasteiger partial charge in [0.1, 0.15) is 0 Å². The average molecular weight is 416 g/mol. The monoisotopic (exact) mass is 415 g/mol. The first-order chi connectivity index (χ1) is 13.2. The summed E-state index contributed by atoms with van der Waals surface area (Å²) in [5, 5.41) is 23.2. The van der Waals surface area contributed by atoms with Gasteiger partial charge in [-0.1, -0.05) is 29.2 Å². The molecular formula is C16H13N7OS3.